The maximum absolute atomic E-state index is 10.4. The number of nitrogens with zero attached hydrogens (tertiary/aromatic N) is 2. The van der Waals surface area contributed by atoms with Crippen LogP contribution in [0.4, 0.5) is 5.69 Å². The van der Waals surface area contributed by atoms with Gasteiger partial charge >= 0.3 is 0 Å². The molecule has 0 saturated heterocycles. The highest BCUT2D eigenvalue weighted by molar-refractivity contribution is 5.93. The maximum Gasteiger partial charge on any atom is 0.162 e. The van der Waals surface area contributed by atoms with Crippen LogP contribution in [-0.4, -0.2) is 10.0 Å². The van der Waals surface area contributed by atoms with Gasteiger partial charge < -0.3 is 0 Å². The predicted molar refractivity (Wildman–Crippen MR) is 69.9 cm³/mol. The van der Waals surface area contributed by atoms with E-state index in [1.807, 2.05) is 36.4 Å². The molecule has 0 atom stereocenters. The van der Waals surface area contributed by atoms with Crippen molar-refractivity contribution >= 4 is 27.5 Å². The number of hydrogen-bond donors (Lipinski definition) is 1. The minimum atomic E-state index is -0.581. The zero-order valence-electron chi connectivity index (χ0n) is 9.33. The summed E-state index contributed by atoms with van der Waals surface area (Å²) in [6.07, 6.45) is 0. The first-order valence-corrected chi connectivity index (χ1v) is 5.43. The van der Waals surface area contributed by atoms with Crippen molar-refractivity contribution in [3.05, 3.63) is 58.6 Å². The van der Waals surface area contributed by atoms with Gasteiger partial charge in [0.2, 0.25) is 0 Å². The molecule has 1 aromatic heterocycles. The first-order valence-electron chi connectivity index (χ1n) is 5.43. The van der Waals surface area contributed by atoms with Gasteiger partial charge in [0.25, 0.3) is 0 Å². The number of fused-ring (bicyclic) bond motifs is 2. The number of rotatable bonds is 2. The van der Waals surface area contributed by atoms with Gasteiger partial charge in [0.15, 0.2) is 5.03 Å². The van der Waals surface area contributed by atoms with E-state index in [-0.39, 0.29) is 0 Å². The van der Waals surface area contributed by atoms with Gasteiger partial charge in [-0.1, -0.05) is 24.3 Å². The van der Waals surface area contributed by atoms with Gasteiger partial charge in [-0.2, -0.15) is 0 Å². The van der Waals surface area contributed by atoms with E-state index in [2.05, 4.69) is 10.4 Å². The third-order valence-electron chi connectivity index (χ3n) is 2.74. The van der Waals surface area contributed by atoms with E-state index in [1.54, 1.807) is 12.1 Å². The maximum atomic E-state index is 10.4. The minimum absolute atomic E-state index is 0.426. The fourth-order valence-corrected chi connectivity index (χ4v) is 1.95. The van der Waals surface area contributed by atoms with Crippen LogP contribution >= 0.6 is 0 Å². The van der Waals surface area contributed by atoms with Gasteiger partial charge in [0.1, 0.15) is 5.69 Å². The first-order chi connectivity index (χ1) is 8.72. The van der Waals surface area contributed by atoms with Crippen LogP contribution in [0.15, 0.2) is 48.5 Å². The van der Waals surface area contributed by atoms with Gasteiger partial charge in [-0.05, 0) is 24.3 Å². The summed E-state index contributed by atoms with van der Waals surface area (Å²) < 4.78 is 0. The van der Waals surface area contributed by atoms with E-state index in [1.165, 1.54) is 0 Å². The van der Waals surface area contributed by atoms with Crippen LogP contribution in [-0.2, 0) is 0 Å². The molecular weight excluding hydrogens is 230 g/mol. The normalized spacial score (nSPS) is 10.7. The Labute approximate surface area is 102 Å². The molecule has 5 nitrogen and oxygen atoms in total. The number of pyridine rings is 1. The lowest BCUT2D eigenvalue weighted by Crippen LogP contribution is -2.07. The molecule has 0 radical (unpaired) electrons. The van der Waals surface area contributed by atoms with Crippen LogP contribution in [0.5, 0.6) is 0 Å². The highest BCUT2D eigenvalue weighted by atomic mass is 16.7. The van der Waals surface area contributed by atoms with Crippen LogP contribution in [0, 0.1) is 10.1 Å². The topological polar surface area (TPSA) is 68.1 Å². The average molecular weight is 239 g/mol. The summed E-state index contributed by atoms with van der Waals surface area (Å²) in [7, 11) is 0. The van der Waals surface area contributed by atoms with E-state index in [0.29, 0.717) is 5.69 Å². The summed E-state index contributed by atoms with van der Waals surface area (Å²) in [6, 6.07) is 15.0. The summed E-state index contributed by atoms with van der Waals surface area (Å²) in [6.45, 7) is 0. The summed E-state index contributed by atoms with van der Waals surface area (Å²) in [5.41, 5.74) is 4.17. The van der Waals surface area contributed by atoms with E-state index in [9.17, 15) is 10.1 Å². The van der Waals surface area contributed by atoms with Crippen molar-refractivity contribution in [3.8, 4) is 0 Å². The Balaban J connectivity index is 2.20. The number of anilines is 1. The highest BCUT2D eigenvalue weighted by Gasteiger charge is 2.03. The van der Waals surface area contributed by atoms with Crippen molar-refractivity contribution in [1.82, 2.24) is 4.98 Å². The Morgan fingerprint density at radius 1 is 1.00 bits per heavy atom. The molecule has 0 fully saturated rings. The minimum Gasteiger partial charge on any atom is -0.248 e. The number of nitro groups is 1. The van der Waals surface area contributed by atoms with Gasteiger partial charge in [0.05, 0.1) is 11.0 Å². The quantitative estimate of drug-likeness (QED) is 0.424. The first kappa shape index (κ1) is 10.5. The molecule has 3 aromatic rings. The Morgan fingerprint density at radius 2 is 1.78 bits per heavy atom. The number of hydrazine groups is 1. The number of benzene rings is 2. The average Bonchev–Trinajstić information content (AvgIpc) is 2.35. The monoisotopic (exact) mass is 239 g/mol. The Hall–Kier alpha value is -2.69. The fourth-order valence-electron chi connectivity index (χ4n) is 1.95. The van der Waals surface area contributed by atoms with Crippen molar-refractivity contribution in [1.29, 1.82) is 0 Å². The molecule has 18 heavy (non-hydrogen) atoms. The van der Waals surface area contributed by atoms with E-state index < -0.39 is 5.03 Å². The van der Waals surface area contributed by atoms with Gasteiger partial charge in [-0.25, -0.2) is 15.1 Å². The number of nitrogens with one attached hydrogen (secondary N) is 1. The molecule has 0 aliphatic rings. The molecule has 0 spiro atoms. The van der Waals surface area contributed by atoms with E-state index >= 15 is 0 Å². The largest absolute Gasteiger partial charge is 0.248 e. The van der Waals surface area contributed by atoms with Crippen LogP contribution < -0.4 is 5.43 Å². The second-order valence-electron chi connectivity index (χ2n) is 3.96. The van der Waals surface area contributed by atoms with Crippen LogP contribution in [0.1, 0.15) is 0 Å². The molecule has 3 rings (SSSR count). The molecular formula is C13H9N3O2. The zero-order valence-corrected chi connectivity index (χ0v) is 9.33. The van der Waals surface area contributed by atoms with Crippen molar-refractivity contribution < 1.29 is 5.03 Å². The molecule has 0 aliphatic carbocycles. The number of para-hydroxylation sites is 1. The lowest BCUT2D eigenvalue weighted by molar-refractivity contribution is -0.445. The molecule has 88 valence electrons. The predicted octanol–water partition coefficient (Wildman–Crippen LogP) is 2.99. The molecule has 0 aliphatic heterocycles. The van der Waals surface area contributed by atoms with Crippen molar-refractivity contribution in [2.75, 3.05) is 5.43 Å². The van der Waals surface area contributed by atoms with Crippen molar-refractivity contribution in [3.63, 3.8) is 0 Å². The summed E-state index contributed by atoms with van der Waals surface area (Å²) in [5.74, 6) is 0. The van der Waals surface area contributed by atoms with E-state index in [4.69, 9.17) is 0 Å². The van der Waals surface area contributed by atoms with Gasteiger partial charge in [-0.15, -0.1) is 5.43 Å². The van der Waals surface area contributed by atoms with Crippen LogP contribution in [0.25, 0.3) is 21.8 Å². The molecule has 0 bridgehead atoms. The van der Waals surface area contributed by atoms with Crippen molar-refractivity contribution in [2.24, 2.45) is 0 Å². The summed E-state index contributed by atoms with van der Waals surface area (Å²) in [5, 5.41) is 11.8. The Morgan fingerprint density at radius 3 is 2.61 bits per heavy atom. The van der Waals surface area contributed by atoms with Crippen molar-refractivity contribution in [2.45, 2.75) is 0 Å². The number of hydrogen-bond acceptors (Lipinski definition) is 3. The molecule has 1 N–H and O–H groups in total. The highest BCUT2D eigenvalue weighted by Crippen LogP contribution is 2.22. The Kier molecular flexibility index (Phi) is 2.30. The molecule has 1 heterocycles. The van der Waals surface area contributed by atoms with Gasteiger partial charge in [-0.3, -0.25) is 0 Å². The lowest BCUT2D eigenvalue weighted by Gasteiger charge is -2.03. The van der Waals surface area contributed by atoms with E-state index in [0.717, 1.165) is 21.8 Å². The van der Waals surface area contributed by atoms with Crippen LogP contribution in [0.2, 0.25) is 0 Å². The second-order valence-corrected chi connectivity index (χ2v) is 3.96. The molecule has 0 amide bonds. The third-order valence-corrected chi connectivity index (χ3v) is 2.74. The fraction of sp³-hybridized carbons (Fsp3) is 0. The SMILES string of the molecule is O=[N+]([O-])Nc1ccc2cc3ccccc3nc2c1. The zero-order chi connectivity index (χ0) is 12.5. The Bertz CT molecular complexity index is 755. The smallest absolute Gasteiger partial charge is 0.162 e. The molecule has 0 unspecified atom stereocenters. The third kappa shape index (κ3) is 1.82. The molecule has 2 aromatic carbocycles. The second kappa shape index (κ2) is 3.96. The number of aromatic nitrogens is 1. The molecule has 0 saturated carbocycles. The summed E-state index contributed by atoms with van der Waals surface area (Å²) in [4.78, 5) is 14.9. The standard InChI is InChI=1S/C13H9N3O2/c17-16(18)15-11-6-5-10-7-9-3-1-2-4-12(9)14-13(10)8-11/h1-8,15H. The summed E-state index contributed by atoms with van der Waals surface area (Å²) >= 11 is 0. The van der Waals surface area contributed by atoms with Crippen LogP contribution in [0.3, 0.4) is 0 Å². The van der Waals surface area contributed by atoms with Gasteiger partial charge in [0, 0.05) is 10.8 Å². The molecule has 5 heteroatoms. The lowest BCUT2D eigenvalue weighted by atomic mass is 10.1.